The van der Waals surface area contributed by atoms with Crippen molar-refractivity contribution in [2.75, 3.05) is 13.1 Å². The predicted molar refractivity (Wildman–Crippen MR) is 98.3 cm³/mol. The Kier molecular flexibility index (Phi) is 5.43. The Bertz CT molecular complexity index is 930. The normalized spacial score (nSPS) is 14.5. The van der Waals surface area contributed by atoms with Gasteiger partial charge < -0.3 is 9.73 Å². The van der Waals surface area contributed by atoms with E-state index in [-0.39, 0.29) is 24.8 Å². The maximum absolute atomic E-state index is 13.0. The van der Waals surface area contributed by atoms with Gasteiger partial charge in [-0.15, -0.1) is 5.10 Å². The van der Waals surface area contributed by atoms with Crippen LogP contribution in [0.2, 0.25) is 0 Å². The number of hydrogen-bond donors (Lipinski definition) is 1. The molecule has 0 bridgehead atoms. The zero-order valence-corrected chi connectivity index (χ0v) is 15.3. The third kappa shape index (κ3) is 4.42. The number of halogens is 1. The summed E-state index contributed by atoms with van der Waals surface area (Å²) < 4.78 is 20.3. The van der Waals surface area contributed by atoms with Crippen molar-refractivity contribution in [2.45, 2.75) is 32.5 Å². The molecule has 0 spiro atoms. The third-order valence-electron chi connectivity index (χ3n) is 4.71. The maximum atomic E-state index is 13.0. The number of furan rings is 1. The molecule has 9 heteroatoms. The van der Waals surface area contributed by atoms with Crippen LogP contribution in [0.4, 0.5) is 4.39 Å². The van der Waals surface area contributed by atoms with E-state index in [1.54, 1.807) is 24.3 Å². The summed E-state index contributed by atoms with van der Waals surface area (Å²) in [5, 5.41) is 14.4. The lowest BCUT2D eigenvalue weighted by Crippen LogP contribution is -2.29. The molecule has 146 valence electrons. The van der Waals surface area contributed by atoms with E-state index in [1.807, 2.05) is 0 Å². The van der Waals surface area contributed by atoms with Crippen molar-refractivity contribution < 1.29 is 13.6 Å². The number of nitrogens with one attached hydrogen (secondary N) is 1. The van der Waals surface area contributed by atoms with Crippen LogP contribution in [0.25, 0.3) is 11.3 Å². The molecule has 28 heavy (non-hydrogen) atoms. The Hall–Kier alpha value is -3.07. The number of carbonyl (C=O) groups is 1. The summed E-state index contributed by atoms with van der Waals surface area (Å²) in [4.78, 5) is 14.5. The fraction of sp³-hybridized carbons (Fsp3) is 0.368. The monoisotopic (exact) mass is 384 g/mol. The minimum Gasteiger partial charge on any atom is -0.459 e. The van der Waals surface area contributed by atoms with Gasteiger partial charge in [0.25, 0.3) is 0 Å². The van der Waals surface area contributed by atoms with Gasteiger partial charge in [-0.1, -0.05) is 0 Å². The van der Waals surface area contributed by atoms with Crippen molar-refractivity contribution in [3.05, 3.63) is 53.8 Å². The lowest BCUT2D eigenvalue weighted by atomic mass is 10.2. The average Bonchev–Trinajstić information content (AvgIpc) is 3.44. The molecule has 1 N–H and O–H groups in total. The van der Waals surface area contributed by atoms with Gasteiger partial charge in [0.15, 0.2) is 5.82 Å². The summed E-state index contributed by atoms with van der Waals surface area (Å²) in [6.45, 7) is 3.03. The van der Waals surface area contributed by atoms with Gasteiger partial charge in [-0.25, -0.2) is 9.07 Å². The quantitative estimate of drug-likeness (QED) is 0.670. The highest BCUT2D eigenvalue weighted by molar-refractivity contribution is 5.75. The highest BCUT2D eigenvalue weighted by Gasteiger charge is 2.17. The first-order valence-electron chi connectivity index (χ1n) is 9.26. The summed E-state index contributed by atoms with van der Waals surface area (Å²) >= 11 is 0. The topological polar surface area (TPSA) is 89.1 Å². The molecule has 0 radical (unpaired) electrons. The number of tetrazole rings is 1. The fourth-order valence-corrected chi connectivity index (χ4v) is 3.22. The molecule has 1 amide bonds. The Morgan fingerprint density at radius 2 is 1.93 bits per heavy atom. The Balaban J connectivity index is 1.30. The van der Waals surface area contributed by atoms with Crippen molar-refractivity contribution in [2.24, 2.45) is 0 Å². The van der Waals surface area contributed by atoms with Gasteiger partial charge in [0.05, 0.1) is 13.1 Å². The van der Waals surface area contributed by atoms with Crippen LogP contribution in [-0.4, -0.2) is 44.1 Å². The number of benzene rings is 1. The number of hydrogen-bond acceptors (Lipinski definition) is 6. The number of likely N-dealkylation sites (tertiary alicyclic amines) is 1. The van der Waals surface area contributed by atoms with Crippen molar-refractivity contribution in [1.82, 2.24) is 30.4 Å². The molecule has 0 saturated carbocycles. The number of amides is 1. The molecule has 3 aromatic rings. The lowest BCUT2D eigenvalue weighted by Gasteiger charge is -2.13. The van der Waals surface area contributed by atoms with Crippen LogP contribution in [0.5, 0.6) is 0 Å². The van der Waals surface area contributed by atoms with E-state index in [2.05, 4.69) is 25.7 Å². The van der Waals surface area contributed by atoms with Gasteiger partial charge >= 0.3 is 0 Å². The van der Waals surface area contributed by atoms with Crippen LogP contribution < -0.4 is 5.32 Å². The summed E-state index contributed by atoms with van der Waals surface area (Å²) in [5.41, 5.74) is 0.777. The molecule has 1 aromatic carbocycles. The van der Waals surface area contributed by atoms with Crippen molar-refractivity contribution in [3.63, 3.8) is 0 Å². The first-order valence-corrected chi connectivity index (χ1v) is 9.26. The van der Waals surface area contributed by atoms with Gasteiger partial charge in [-0.2, -0.15) is 0 Å². The van der Waals surface area contributed by atoms with Crippen molar-refractivity contribution in [1.29, 1.82) is 0 Å². The first kappa shape index (κ1) is 18.3. The minimum atomic E-state index is -0.297. The van der Waals surface area contributed by atoms with Crippen molar-refractivity contribution in [3.8, 4) is 11.3 Å². The summed E-state index contributed by atoms with van der Waals surface area (Å²) in [6, 6.07) is 9.64. The first-order chi connectivity index (χ1) is 13.7. The van der Waals surface area contributed by atoms with Crippen LogP contribution >= 0.6 is 0 Å². The van der Waals surface area contributed by atoms with Gasteiger partial charge in [0, 0.05) is 5.56 Å². The number of carbonyl (C=O) groups excluding carboxylic acids is 1. The Morgan fingerprint density at radius 3 is 2.71 bits per heavy atom. The molecular formula is C19H21FN6O2. The van der Waals surface area contributed by atoms with E-state index in [9.17, 15) is 9.18 Å². The molecular weight excluding hydrogens is 363 g/mol. The average molecular weight is 384 g/mol. The van der Waals surface area contributed by atoms with Crippen LogP contribution in [0.1, 0.15) is 24.4 Å². The van der Waals surface area contributed by atoms with E-state index < -0.39 is 0 Å². The van der Waals surface area contributed by atoms with Gasteiger partial charge in [0.1, 0.15) is 23.9 Å². The molecule has 2 aromatic heterocycles. The molecule has 4 rings (SSSR count). The predicted octanol–water partition coefficient (Wildman–Crippen LogP) is 1.98. The van der Waals surface area contributed by atoms with Crippen LogP contribution in [0, 0.1) is 5.82 Å². The van der Waals surface area contributed by atoms with Gasteiger partial charge in [-0.3, -0.25) is 9.69 Å². The highest BCUT2D eigenvalue weighted by Crippen LogP contribution is 2.22. The second-order valence-corrected chi connectivity index (χ2v) is 6.79. The minimum absolute atomic E-state index is 0.0572. The molecule has 1 fully saturated rings. The molecule has 1 aliphatic rings. The summed E-state index contributed by atoms with van der Waals surface area (Å²) in [7, 11) is 0. The van der Waals surface area contributed by atoms with Crippen LogP contribution in [0.15, 0.2) is 40.8 Å². The highest BCUT2D eigenvalue weighted by atomic mass is 19.1. The van der Waals surface area contributed by atoms with E-state index in [4.69, 9.17) is 4.42 Å². The smallest absolute Gasteiger partial charge is 0.242 e. The summed E-state index contributed by atoms with van der Waals surface area (Å²) in [6.07, 6.45) is 2.37. The molecule has 0 aliphatic carbocycles. The number of nitrogens with zero attached hydrogens (tertiary/aromatic N) is 5. The second-order valence-electron chi connectivity index (χ2n) is 6.79. The lowest BCUT2D eigenvalue weighted by molar-refractivity contribution is -0.122. The van der Waals surface area contributed by atoms with E-state index in [0.29, 0.717) is 23.9 Å². The van der Waals surface area contributed by atoms with Crippen LogP contribution in [0.3, 0.4) is 0 Å². The molecule has 1 saturated heterocycles. The zero-order chi connectivity index (χ0) is 19.3. The SMILES string of the molecule is O=C(Cn1nnnc1CN1CCCC1)NCc1ccc(-c2ccc(F)cc2)o1. The van der Waals surface area contributed by atoms with E-state index >= 15 is 0 Å². The second kappa shape index (κ2) is 8.30. The van der Waals surface area contributed by atoms with Gasteiger partial charge in [-0.05, 0) is 72.8 Å². The van der Waals surface area contributed by atoms with E-state index in [1.165, 1.54) is 29.7 Å². The Morgan fingerprint density at radius 1 is 1.14 bits per heavy atom. The standard InChI is InChI=1S/C19H21FN6O2/c20-15-5-3-14(4-6-15)17-8-7-16(28-17)11-21-19(27)13-26-18(22-23-24-26)12-25-9-1-2-10-25/h3-8H,1-2,9-13H2,(H,21,27). The van der Waals surface area contributed by atoms with Crippen molar-refractivity contribution >= 4 is 5.91 Å². The summed E-state index contributed by atoms with van der Waals surface area (Å²) in [5.74, 6) is 1.43. The van der Waals surface area contributed by atoms with E-state index in [0.717, 1.165) is 18.7 Å². The van der Waals surface area contributed by atoms with Crippen LogP contribution in [-0.2, 0) is 24.4 Å². The molecule has 1 aliphatic heterocycles. The molecule has 3 heterocycles. The Labute approximate surface area is 161 Å². The maximum Gasteiger partial charge on any atom is 0.242 e. The fourth-order valence-electron chi connectivity index (χ4n) is 3.22. The third-order valence-corrected chi connectivity index (χ3v) is 4.71. The number of rotatable bonds is 7. The molecule has 0 atom stereocenters. The zero-order valence-electron chi connectivity index (χ0n) is 15.3. The van der Waals surface area contributed by atoms with Gasteiger partial charge in [0.2, 0.25) is 5.91 Å². The molecule has 0 unspecified atom stereocenters. The number of aromatic nitrogens is 4. The molecule has 8 nitrogen and oxygen atoms in total. The largest absolute Gasteiger partial charge is 0.459 e.